The smallest absolute Gasteiger partial charge is 0.475 e. The zero-order valence-electron chi connectivity index (χ0n) is 18.2. The highest BCUT2D eigenvalue weighted by Crippen LogP contribution is 2.58. The van der Waals surface area contributed by atoms with Gasteiger partial charge >= 0.3 is 18.2 Å². The predicted octanol–water partition coefficient (Wildman–Crippen LogP) is 2.95. The summed E-state index contributed by atoms with van der Waals surface area (Å²) >= 11 is 0. The summed E-state index contributed by atoms with van der Waals surface area (Å²) in [4.78, 5) is 39.7. The summed E-state index contributed by atoms with van der Waals surface area (Å²) in [5, 5.41) is 13.1. The van der Waals surface area contributed by atoms with Crippen molar-refractivity contribution in [3.8, 4) is 0 Å². The highest BCUT2D eigenvalue weighted by atomic mass is 19.4. The Kier molecular flexibility index (Phi) is 7.75. The van der Waals surface area contributed by atoms with Crippen molar-refractivity contribution >= 4 is 17.9 Å². The topological polar surface area (TPSA) is 112 Å². The number of urea groups is 1. The number of halogens is 3. The van der Waals surface area contributed by atoms with Crippen molar-refractivity contribution in [2.75, 3.05) is 13.1 Å². The average molecular weight is 478 g/mol. The molecule has 2 heterocycles. The molecule has 11 heteroatoms. The van der Waals surface area contributed by atoms with Crippen molar-refractivity contribution in [2.24, 2.45) is 11.3 Å². The molecule has 2 fully saturated rings. The molecule has 4 rings (SSSR count). The number of carbonyl (C=O) groups excluding carboxylic acids is 2. The van der Waals surface area contributed by atoms with E-state index in [1.165, 1.54) is 0 Å². The summed E-state index contributed by atoms with van der Waals surface area (Å²) in [7, 11) is 0. The van der Waals surface area contributed by atoms with E-state index in [1.807, 2.05) is 47.4 Å². The Morgan fingerprint density at radius 1 is 1.06 bits per heavy atom. The second kappa shape index (κ2) is 10.5. The molecule has 34 heavy (non-hydrogen) atoms. The van der Waals surface area contributed by atoms with Gasteiger partial charge in [0.05, 0.1) is 0 Å². The summed E-state index contributed by atoms with van der Waals surface area (Å²) in [6.07, 6.45) is 0.166. The van der Waals surface area contributed by atoms with Crippen LogP contribution in [0.2, 0.25) is 0 Å². The number of amides is 3. The lowest BCUT2D eigenvalue weighted by Gasteiger charge is -2.17. The van der Waals surface area contributed by atoms with Crippen molar-refractivity contribution < 1.29 is 32.7 Å². The molecule has 3 N–H and O–H groups in total. The van der Waals surface area contributed by atoms with Gasteiger partial charge in [0.25, 0.3) is 0 Å². The Hall–Kier alpha value is -3.63. The SMILES string of the molecule is O=C(NCc1cccnc1)C1CC12CCN(C(=O)NCc1ccccc1)C2.O=C(O)C(F)(F)F. The van der Waals surface area contributed by atoms with Gasteiger partial charge in [-0.2, -0.15) is 13.2 Å². The number of hydrogen-bond acceptors (Lipinski definition) is 4. The zero-order valence-corrected chi connectivity index (χ0v) is 18.2. The van der Waals surface area contributed by atoms with E-state index in [-0.39, 0.29) is 23.3 Å². The third-order valence-corrected chi connectivity index (χ3v) is 5.90. The molecular formula is C23H25F3N4O4. The van der Waals surface area contributed by atoms with E-state index < -0.39 is 12.1 Å². The third-order valence-electron chi connectivity index (χ3n) is 5.90. The first-order chi connectivity index (χ1) is 16.1. The van der Waals surface area contributed by atoms with Crippen molar-refractivity contribution in [1.82, 2.24) is 20.5 Å². The van der Waals surface area contributed by atoms with Crippen LogP contribution in [0.1, 0.15) is 24.0 Å². The van der Waals surface area contributed by atoms with Crippen LogP contribution in [0.3, 0.4) is 0 Å². The fourth-order valence-corrected chi connectivity index (χ4v) is 3.94. The molecule has 2 aliphatic rings. The first-order valence-electron chi connectivity index (χ1n) is 10.6. The fourth-order valence-electron chi connectivity index (χ4n) is 3.94. The Bertz CT molecular complexity index is 949. The highest BCUT2D eigenvalue weighted by molar-refractivity contribution is 5.83. The first-order valence-corrected chi connectivity index (χ1v) is 10.6. The lowest BCUT2D eigenvalue weighted by molar-refractivity contribution is -0.192. The number of pyridine rings is 1. The number of rotatable bonds is 5. The van der Waals surface area contributed by atoms with Crippen molar-refractivity contribution in [3.63, 3.8) is 0 Å². The van der Waals surface area contributed by atoms with Crippen LogP contribution in [-0.4, -0.2) is 52.2 Å². The lowest BCUT2D eigenvalue weighted by atomic mass is 10.0. The number of nitrogens with one attached hydrogen (secondary N) is 2. The molecule has 1 saturated heterocycles. The molecule has 1 aromatic carbocycles. The number of likely N-dealkylation sites (tertiary alicyclic amines) is 1. The van der Waals surface area contributed by atoms with Gasteiger partial charge in [-0.15, -0.1) is 0 Å². The Labute approximate surface area is 194 Å². The second-order valence-corrected chi connectivity index (χ2v) is 8.32. The van der Waals surface area contributed by atoms with E-state index in [2.05, 4.69) is 15.6 Å². The number of carboxylic acids is 1. The number of nitrogens with zero attached hydrogens (tertiary/aromatic N) is 2. The standard InChI is InChI=1S/C21H24N4O2.C2HF3O2/c26-19(23-14-17-7-4-9-22-12-17)18-11-21(18)8-10-25(15-21)20(27)24-13-16-5-2-1-3-6-16;3-2(4,5)1(6)7/h1-7,9,12,18H,8,10-11,13-15H2,(H,23,26)(H,24,27);(H,6,7). The molecule has 8 nitrogen and oxygen atoms in total. The molecule has 0 radical (unpaired) electrons. The van der Waals surface area contributed by atoms with E-state index in [0.717, 1.165) is 24.0 Å². The van der Waals surface area contributed by atoms with Gasteiger partial charge < -0.3 is 20.6 Å². The largest absolute Gasteiger partial charge is 0.490 e. The van der Waals surface area contributed by atoms with Gasteiger partial charge in [-0.3, -0.25) is 9.78 Å². The minimum absolute atomic E-state index is 0.0149. The molecule has 1 spiro atoms. The van der Waals surface area contributed by atoms with Crippen molar-refractivity contribution in [3.05, 3.63) is 66.0 Å². The maximum absolute atomic E-state index is 12.5. The quantitative estimate of drug-likeness (QED) is 0.612. The Morgan fingerprint density at radius 2 is 1.71 bits per heavy atom. The summed E-state index contributed by atoms with van der Waals surface area (Å²) in [5.74, 6) is -2.65. The first kappa shape index (κ1) is 25.0. The maximum atomic E-state index is 12.5. The van der Waals surface area contributed by atoms with Gasteiger partial charge in [0.2, 0.25) is 5.91 Å². The normalized spacial score (nSPS) is 20.8. The second-order valence-electron chi connectivity index (χ2n) is 8.32. The maximum Gasteiger partial charge on any atom is 0.490 e. The zero-order chi connectivity index (χ0) is 24.8. The van der Waals surface area contributed by atoms with Crippen LogP contribution in [-0.2, 0) is 22.7 Å². The van der Waals surface area contributed by atoms with Crippen LogP contribution < -0.4 is 10.6 Å². The molecule has 0 bridgehead atoms. The van der Waals surface area contributed by atoms with Crippen molar-refractivity contribution in [1.29, 1.82) is 0 Å². The molecule has 182 valence electrons. The predicted molar refractivity (Wildman–Crippen MR) is 115 cm³/mol. The Balaban J connectivity index is 0.000000406. The minimum Gasteiger partial charge on any atom is -0.475 e. The van der Waals surface area contributed by atoms with Gasteiger partial charge in [-0.1, -0.05) is 36.4 Å². The molecule has 1 aromatic heterocycles. The molecule has 1 aliphatic carbocycles. The van der Waals surface area contributed by atoms with Crippen LogP contribution in [0.15, 0.2) is 54.9 Å². The van der Waals surface area contributed by atoms with E-state index in [9.17, 15) is 22.8 Å². The molecule has 2 atom stereocenters. The fraction of sp³-hybridized carbons (Fsp3) is 0.391. The van der Waals surface area contributed by atoms with Gasteiger partial charge in [-0.25, -0.2) is 9.59 Å². The molecule has 2 unspecified atom stereocenters. The number of aromatic nitrogens is 1. The Morgan fingerprint density at radius 3 is 2.32 bits per heavy atom. The average Bonchev–Trinajstić information content (AvgIpc) is 3.36. The molecule has 1 saturated carbocycles. The summed E-state index contributed by atoms with van der Waals surface area (Å²) < 4.78 is 31.7. The number of alkyl halides is 3. The number of hydrogen-bond donors (Lipinski definition) is 3. The van der Waals surface area contributed by atoms with Gasteiger partial charge in [0.15, 0.2) is 0 Å². The van der Waals surface area contributed by atoms with E-state index in [0.29, 0.717) is 26.2 Å². The molecule has 3 amide bonds. The monoisotopic (exact) mass is 478 g/mol. The van der Waals surface area contributed by atoms with Crippen LogP contribution in [0.25, 0.3) is 0 Å². The van der Waals surface area contributed by atoms with Gasteiger partial charge in [-0.05, 0) is 30.0 Å². The molecule has 1 aliphatic heterocycles. The number of carbonyl (C=O) groups is 3. The number of carboxylic acid groups (broad SMARTS) is 1. The van der Waals surface area contributed by atoms with Crippen molar-refractivity contribution in [2.45, 2.75) is 32.1 Å². The summed E-state index contributed by atoms with van der Waals surface area (Å²) in [5.41, 5.74) is 2.05. The van der Waals surface area contributed by atoms with Crippen LogP contribution in [0, 0.1) is 11.3 Å². The van der Waals surface area contributed by atoms with Gasteiger partial charge in [0, 0.05) is 49.9 Å². The number of benzene rings is 1. The molecular weight excluding hydrogens is 453 g/mol. The van der Waals surface area contributed by atoms with E-state index in [4.69, 9.17) is 9.90 Å². The van der Waals surface area contributed by atoms with Crippen LogP contribution in [0.4, 0.5) is 18.0 Å². The lowest BCUT2D eigenvalue weighted by Crippen LogP contribution is -2.38. The van der Waals surface area contributed by atoms with Gasteiger partial charge in [0.1, 0.15) is 0 Å². The highest BCUT2D eigenvalue weighted by Gasteiger charge is 2.61. The minimum atomic E-state index is -5.08. The summed E-state index contributed by atoms with van der Waals surface area (Å²) in [6, 6.07) is 13.6. The van der Waals surface area contributed by atoms with E-state index in [1.54, 1.807) is 12.4 Å². The summed E-state index contributed by atoms with van der Waals surface area (Å²) in [6.45, 7) is 2.41. The molecule has 2 aromatic rings. The third kappa shape index (κ3) is 6.69. The van der Waals surface area contributed by atoms with Crippen LogP contribution >= 0.6 is 0 Å². The van der Waals surface area contributed by atoms with E-state index >= 15 is 0 Å². The van der Waals surface area contributed by atoms with Crippen LogP contribution in [0.5, 0.6) is 0 Å². The number of aliphatic carboxylic acids is 1.